The predicted molar refractivity (Wildman–Crippen MR) is 88.6 cm³/mol. The summed E-state index contributed by atoms with van der Waals surface area (Å²) in [5.41, 5.74) is 1.11. The Hall–Kier alpha value is -2.54. The Morgan fingerprint density at radius 3 is 2.62 bits per heavy atom. The van der Waals surface area contributed by atoms with E-state index in [4.69, 9.17) is 4.74 Å². The van der Waals surface area contributed by atoms with Crippen LogP contribution in [-0.4, -0.2) is 18.0 Å². The molecule has 126 valence electrons. The third-order valence-corrected chi connectivity index (χ3v) is 4.11. The van der Waals surface area contributed by atoms with Crippen LogP contribution in [0.5, 0.6) is 0 Å². The summed E-state index contributed by atoms with van der Waals surface area (Å²) < 4.78 is 30.9. The van der Waals surface area contributed by atoms with Crippen molar-refractivity contribution in [3.63, 3.8) is 0 Å². The van der Waals surface area contributed by atoms with Crippen LogP contribution in [0.2, 0.25) is 0 Å². The Morgan fingerprint density at radius 1 is 1.25 bits per heavy atom. The lowest BCUT2D eigenvalue weighted by atomic mass is 10.2. The maximum atomic E-state index is 13.1. The third kappa shape index (κ3) is 4.73. The number of benzene rings is 1. The van der Waals surface area contributed by atoms with Gasteiger partial charge in [-0.25, -0.2) is 13.6 Å². The number of rotatable bonds is 5. The molecule has 1 amide bonds. The van der Waals surface area contributed by atoms with Gasteiger partial charge in [-0.2, -0.15) is 0 Å². The van der Waals surface area contributed by atoms with Gasteiger partial charge in [0.2, 0.25) is 0 Å². The first-order valence-corrected chi connectivity index (χ1v) is 7.93. The lowest BCUT2D eigenvalue weighted by Crippen LogP contribution is -2.29. The number of amides is 1. The zero-order valence-electron chi connectivity index (χ0n) is 13.0. The van der Waals surface area contributed by atoms with Crippen LogP contribution in [0.3, 0.4) is 0 Å². The first kappa shape index (κ1) is 17.8. The van der Waals surface area contributed by atoms with Gasteiger partial charge in [-0.15, -0.1) is 11.3 Å². The van der Waals surface area contributed by atoms with Crippen molar-refractivity contribution >= 4 is 35.0 Å². The number of aryl methyl sites for hydroxylation is 1. The van der Waals surface area contributed by atoms with E-state index < -0.39 is 29.6 Å². The van der Waals surface area contributed by atoms with Gasteiger partial charge in [-0.1, -0.05) is 0 Å². The number of hydrogen-bond acceptors (Lipinski definition) is 4. The molecule has 0 fully saturated rings. The van der Waals surface area contributed by atoms with Gasteiger partial charge in [0, 0.05) is 22.7 Å². The van der Waals surface area contributed by atoms with Gasteiger partial charge in [-0.05, 0) is 49.1 Å². The molecular formula is C17H15F2NO3S. The van der Waals surface area contributed by atoms with Crippen LogP contribution in [0.15, 0.2) is 35.7 Å². The molecule has 0 aliphatic heterocycles. The van der Waals surface area contributed by atoms with Crippen molar-refractivity contribution in [2.24, 2.45) is 0 Å². The molecule has 24 heavy (non-hydrogen) atoms. The average molecular weight is 351 g/mol. The van der Waals surface area contributed by atoms with E-state index in [0.717, 1.165) is 22.6 Å². The van der Waals surface area contributed by atoms with Gasteiger partial charge < -0.3 is 10.1 Å². The van der Waals surface area contributed by atoms with E-state index in [-0.39, 0.29) is 5.69 Å². The number of hydrogen-bond donors (Lipinski definition) is 1. The van der Waals surface area contributed by atoms with Crippen LogP contribution in [0, 0.1) is 18.6 Å². The van der Waals surface area contributed by atoms with Crippen LogP contribution in [0.1, 0.15) is 17.4 Å². The van der Waals surface area contributed by atoms with Crippen molar-refractivity contribution < 1.29 is 23.1 Å². The molecule has 1 aromatic heterocycles. The molecule has 0 saturated heterocycles. The second-order valence-corrected chi connectivity index (χ2v) is 5.95. The first-order valence-electron chi connectivity index (χ1n) is 7.05. The minimum Gasteiger partial charge on any atom is -0.449 e. The van der Waals surface area contributed by atoms with E-state index in [0.29, 0.717) is 0 Å². The van der Waals surface area contributed by atoms with Crippen molar-refractivity contribution in [3.8, 4) is 0 Å². The van der Waals surface area contributed by atoms with Crippen LogP contribution in [-0.2, 0) is 14.3 Å². The summed E-state index contributed by atoms with van der Waals surface area (Å²) >= 11 is 1.48. The summed E-state index contributed by atoms with van der Waals surface area (Å²) in [4.78, 5) is 24.5. The van der Waals surface area contributed by atoms with Crippen LogP contribution in [0.4, 0.5) is 14.5 Å². The second-order valence-electron chi connectivity index (χ2n) is 5.00. The second kappa shape index (κ2) is 7.83. The van der Waals surface area contributed by atoms with E-state index in [1.165, 1.54) is 30.4 Å². The highest BCUT2D eigenvalue weighted by Crippen LogP contribution is 2.17. The molecule has 0 aliphatic rings. The monoisotopic (exact) mass is 351 g/mol. The number of carbonyl (C=O) groups is 2. The van der Waals surface area contributed by atoms with Gasteiger partial charge in [0.15, 0.2) is 17.7 Å². The fourth-order valence-electron chi connectivity index (χ4n) is 1.78. The fourth-order valence-corrected chi connectivity index (χ4v) is 2.60. The predicted octanol–water partition coefficient (Wildman–Crippen LogP) is 3.92. The molecule has 0 unspecified atom stereocenters. The number of thiophene rings is 1. The van der Waals surface area contributed by atoms with Gasteiger partial charge in [0.25, 0.3) is 5.91 Å². The number of halogens is 2. The van der Waals surface area contributed by atoms with Gasteiger partial charge in [0.05, 0.1) is 0 Å². The summed E-state index contributed by atoms with van der Waals surface area (Å²) in [7, 11) is 0. The molecule has 0 spiro atoms. The van der Waals surface area contributed by atoms with Gasteiger partial charge in [0.1, 0.15) is 0 Å². The molecule has 1 heterocycles. The van der Waals surface area contributed by atoms with Crippen molar-refractivity contribution in [2.75, 3.05) is 5.32 Å². The maximum Gasteiger partial charge on any atom is 0.331 e. The molecule has 2 rings (SSSR count). The standard InChI is InChI=1S/C17H15F2NO3S/c1-10-7-8-24-15(10)5-6-16(21)23-11(2)17(22)20-12-3-4-13(18)14(19)9-12/h3-9,11H,1-2H3,(H,20,22)/b6-5+/t11-/m0/s1. The maximum absolute atomic E-state index is 13.1. The number of esters is 1. The highest BCUT2D eigenvalue weighted by atomic mass is 32.1. The lowest BCUT2D eigenvalue weighted by Gasteiger charge is -2.12. The SMILES string of the molecule is Cc1ccsc1/C=C/C(=O)O[C@@H](C)C(=O)Nc1ccc(F)c(F)c1. The molecule has 0 saturated carbocycles. The molecule has 1 N–H and O–H groups in total. The molecule has 4 nitrogen and oxygen atoms in total. The van der Waals surface area contributed by atoms with Crippen molar-refractivity contribution in [3.05, 3.63) is 57.8 Å². The van der Waals surface area contributed by atoms with Gasteiger partial charge >= 0.3 is 5.97 Å². The summed E-state index contributed by atoms with van der Waals surface area (Å²) in [5, 5.41) is 4.25. The summed E-state index contributed by atoms with van der Waals surface area (Å²) in [6, 6.07) is 4.88. The van der Waals surface area contributed by atoms with E-state index in [9.17, 15) is 18.4 Å². The largest absolute Gasteiger partial charge is 0.449 e. The number of anilines is 1. The van der Waals surface area contributed by atoms with Crippen LogP contribution in [0.25, 0.3) is 6.08 Å². The molecule has 1 atom stereocenters. The summed E-state index contributed by atoms with van der Waals surface area (Å²) in [5.74, 6) is -3.40. The Morgan fingerprint density at radius 2 is 2.00 bits per heavy atom. The van der Waals surface area contributed by atoms with E-state index in [1.54, 1.807) is 6.08 Å². The molecular weight excluding hydrogens is 336 g/mol. The minimum atomic E-state index is -1.08. The Bertz CT molecular complexity index is 786. The lowest BCUT2D eigenvalue weighted by molar-refractivity contribution is -0.148. The highest BCUT2D eigenvalue weighted by Gasteiger charge is 2.17. The smallest absolute Gasteiger partial charge is 0.331 e. The molecule has 7 heteroatoms. The van der Waals surface area contributed by atoms with E-state index in [2.05, 4.69) is 5.32 Å². The zero-order valence-corrected chi connectivity index (χ0v) is 13.8. The zero-order chi connectivity index (χ0) is 17.7. The Kier molecular flexibility index (Phi) is 5.81. The number of nitrogens with one attached hydrogen (secondary N) is 1. The molecule has 0 aliphatic carbocycles. The Balaban J connectivity index is 1.91. The average Bonchev–Trinajstić information content (AvgIpc) is 2.94. The van der Waals surface area contributed by atoms with Crippen LogP contribution < -0.4 is 5.32 Å². The van der Waals surface area contributed by atoms with Crippen molar-refractivity contribution in [2.45, 2.75) is 20.0 Å². The fraction of sp³-hybridized carbons (Fsp3) is 0.176. The number of ether oxygens (including phenoxy) is 1. The molecule has 0 bridgehead atoms. The molecule has 0 radical (unpaired) electrons. The quantitative estimate of drug-likeness (QED) is 0.656. The Labute approximate surface area is 141 Å². The highest BCUT2D eigenvalue weighted by molar-refractivity contribution is 7.11. The minimum absolute atomic E-state index is 0.0755. The van der Waals surface area contributed by atoms with E-state index >= 15 is 0 Å². The first-order chi connectivity index (χ1) is 11.4. The normalized spacial score (nSPS) is 12.2. The summed E-state index contributed by atoms with van der Waals surface area (Å²) in [6.45, 7) is 3.30. The number of carbonyl (C=O) groups excluding carboxylic acids is 2. The summed E-state index contributed by atoms with van der Waals surface area (Å²) in [6.07, 6.45) is 1.77. The van der Waals surface area contributed by atoms with Gasteiger partial charge in [-0.3, -0.25) is 4.79 Å². The van der Waals surface area contributed by atoms with Crippen LogP contribution >= 0.6 is 11.3 Å². The van der Waals surface area contributed by atoms with E-state index in [1.807, 2.05) is 18.4 Å². The molecule has 1 aromatic carbocycles. The third-order valence-electron chi connectivity index (χ3n) is 3.12. The topological polar surface area (TPSA) is 55.4 Å². The molecule has 2 aromatic rings. The van der Waals surface area contributed by atoms with Crippen molar-refractivity contribution in [1.29, 1.82) is 0 Å². The van der Waals surface area contributed by atoms with Crippen molar-refractivity contribution in [1.82, 2.24) is 0 Å².